The lowest BCUT2D eigenvalue weighted by Gasteiger charge is -2.17. The van der Waals surface area contributed by atoms with Crippen molar-refractivity contribution < 1.29 is 0 Å². The summed E-state index contributed by atoms with van der Waals surface area (Å²) in [5, 5.41) is 8.22. The Morgan fingerprint density at radius 1 is 1.12 bits per heavy atom. The lowest BCUT2D eigenvalue weighted by Crippen LogP contribution is -2.25. The number of benzene rings is 1. The summed E-state index contributed by atoms with van der Waals surface area (Å²) in [7, 11) is 0. The molecule has 1 heterocycles. The van der Waals surface area contributed by atoms with Crippen molar-refractivity contribution in [3.63, 3.8) is 0 Å². The van der Waals surface area contributed by atoms with Crippen molar-refractivity contribution in [3.05, 3.63) is 35.4 Å². The summed E-state index contributed by atoms with van der Waals surface area (Å²) in [6, 6.07) is 8.79. The van der Waals surface area contributed by atoms with Crippen LogP contribution < -0.4 is 5.73 Å². The average Bonchev–Trinajstić information content (AvgIpc) is 3.13. The number of nitrogens with two attached hydrogens (primary N) is 1. The van der Waals surface area contributed by atoms with E-state index in [2.05, 4.69) is 41.4 Å². The molecule has 1 atom stereocenters. The highest BCUT2D eigenvalue weighted by Crippen LogP contribution is 2.40. The maximum Gasteiger partial charge on any atom is 0.123 e. The quantitative estimate of drug-likeness (QED) is 0.829. The van der Waals surface area contributed by atoms with Crippen molar-refractivity contribution in [2.75, 3.05) is 0 Å². The maximum atomic E-state index is 5.68. The fourth-order valence-electron chi connectivity index (χ4n) is 2.35. The number of amidine groups is 1. The fourth-order valence-corrected chi connectivity index (χ4v) is 2.35. The van der Waals surface area contributed by atoms with Crippen molar-refractivity contribution in [1.82, 2.24) is 0 Å². The van der Waals surface area contributed by atoms with Crippen molar-refractivity contribution in [3.8, 4) is 0 Å². The Hall–Kier alpha value is -1.64. The molecule has 1 unspecified atom stereocenters. The molecule has 1 saturated carbocycles. The molecule has 0 spiro atoms. The molecule has 17 heavy (non-hydrogen) atoms. The van der Waals surface area contributed by atoms with E-state index < -0.39 is 0 Å². The predicted octanol–water partition coefficient (Wildman–Crippen LogP) is 2.67. The van der Waals surface area contributed by atoms with Crippen molar-refractivity contribution in [2.24, 2.45) is 21.9 Å². The van der Waals surface area contributed by atoms with Crippen LogP contribution in [0.3, 0.4) is 0 Å². The first-order valence-electron chi connectivity index (χ1n) is 6.24. The van der Waals surface area contributed by atoms with Crippen LogP contribution in [-0.2, 0) is 0 Å². The molecule has 0 aromatic heterocycles. The molecule has 1 aromatic carbocycles. The average molecular weight is 227 g/mol. The number of nitrogens with zero attached hydrogens (tertiary/aromatic N) is 2. The highest BCUT2D eigenvalue weighted by Gasteiger charge is 2.24. The zero-order chi connectivity index (χ0) is 11.8. The molecule has 2 aliphatic rings. The Balaban J connectivity index is 1.88. The SMILES string of the molecule is CC1CC(N)=NN=C1c1ccc(C2CC2)cc1. The Morgan fingerprint density at radius 3 is 2.41 bits per heavy atom. The van der Waals surface area contributed by atoms with Crippen LogP contribution in [0.15, 0.2) is 34.5 Å². The second kappa shape index (κ2) is 3.99. The Morgan fingerprint density at radius 2 is 1.82 bits per heavy atom. The van der Waals surface area contributed by atoms with Gasteiger partial charge in [-0.3, -0.25) is 0 Å². The molecule has 0 amide bonds. The van der Waals surface area contributed by atoms with Crippen molar-refractivity contribution >= 4 is 11.5 Å². The molecule has 3 nitrogen and oxygen atoms in total. The minimum absolute atomic E-state index is 0.360. The van der Waals surface area contributed by atoms with Crippen molar-refractivity contribution in [1.29, 1.82) is 0 Å². The predicted molar refractivity (Wildman–Crippen MR) is 70.4 cm³/mol. The van der Waals surface area contributed by atoms with Gasteiger partial charge in [-0.1, -0.05) is 31.2 Å². The van der Waals surface area contributed by atoms with Gasteiger partial charge in [-0.05, 0) is 29.9 Å². The lowest BCUT2D eigenvalue weighted by molar-refractivity contribution is 0.783. The third-order valence-corrected chi connectivity index (χ3v) is 3.52. The maximum absolute atomic E-state index is 5.68. The van der Waals surface area contributed by atoms with Gasteiger partial charge in [0.25, 0.3) is 0 Å². The van der Waals surface area contributed by atoms with Crippen LogP contribution in [0.4, 0.5) is 0 Å². The molecule has 1 aliphatic heterocycles. The molecule has 1 aliphatic carbocycles. The molecular weight excluding hydrogens is 210 g/mol. The van der Waals surface area contributed by atoms with Gasteiger partial charge in [-0.15, -0.1) is 5.10 Å². The minimum Gasteiger partial charge on any atom is -0.386 e. The van der Waals surface area contributed by atoms with E-state index >= 15 is 0 Å². The summed E-state index contributed by atoms with van der Waals surface area (Å²) in [6.45, 7) is 2.15. The van der Waals surface area contributed by atoms with E-state index in [1.54, 1.807) is 0 Å². The summed E-state index contributed by atoms with van der Waals surface area (Å²) >= 11 is 0. The third kappa shape index (κ3) is 2.09. The van der Waals surface area contributed by atoms with E-state index in [0.717, 1.165) is 18.1 Å². The second-order valence-corrected chi connectivity index (χ2v) is 5.08. The molecule has 0 bridgehead atoms. The molecule has 2 N–H and O–H groups in total. The van der Waals surface area contributed by atoms with Gasteiger partial charge in [0, 0.05) is 12.3 Å². The Bertz CT molecular complexity index is 481. The summed E-state index contributed by atoms with van der Waals surface area (Å²) in [5.41, 5.74) is 9.38. The lowest BCUT2D eigenvalue weighted by atomic mass is 9.93. The summed E-state index contributed by atoms with van der Waals surface area (Å²) in [4.78, 5) is 0. The summed E-state index contributed by atoms with van der Waals surface area (Å²) < 4.78 is 0. The number of hydrogen-bond acceptors (Lipinski definition) is 3. The molecular formula is C14H17N3. The molecule has 0 radical (unpaired) electrons. The van der Waals surface area contributed by atoms with Gasteiger partial charge in [0.15, 0.2) is 0 Å². The van der Waals surface area contributed by atoms with Gasteiger partial charge in [-0.2, -0.15) is 5.10 Å². The normalized spacial score (nSPS) is 24.2. The number of rotatable bonds is 2. The van der Waals surface area contributed by atoms with Crippen LogP contribution in [0.1, 0.15) is 43.2 Å². The van der Waals surface area contributed by atoms with Crippen LogP contribution in [0, 0.1) is 5.92 Å². The summed E-state index contributed by atoms with van der Waals surface area (Å²) in [6.07, 6.45) is 3.50. The first-order valence-corrected chi connectivity index (χ1v) is 6.24. The van der Waals surface area contributed by atoms with Gasteiger partial charge in [-0.25, -0.2) is 0 Å². The standard InChI is InChI=1S/C14H17N3/c1-9-8-13(15)16-17-14(9)12-6-4-11(5-7-12)10-2-3-10/h4-7,9-10H,2-3,8H2,1H3,(H2,15,16). The molecule has 1 aromatic rings. The van der Waals surface area contributed by atoms with Crippen molar-refractivity contribution in [2.45, 2.75) is 32.1 Å². The van der Waals surface area contributed by atoms with Gasteiger partial charge in [0.05, 0.1) is 5.71 Å². The molecule has 3 rings (SSSR count). The van der Waals surface area contributed by atoms with Crippen LogP contribution in [0.2, 0.25) is 0 Å². The van der Waals surface area contributed by atoms with E-state index in [9.17, 15) is 0 Å². The van der Waals surface area contributed by atoms with Crippen LogP contribution >= 0.6 is 0 Å². The highest BCUT2D eigenvalue weighted by atomic mass is 15.2. The molecule has 88 valence electrons. The first kappa shape index (κ1) is 10.5. The molecule has 3 heteroatoms. The van der Waals surface area contributed by atoms with E-state index in [1.165, 1.54) is 24.0 Å². The van der Waals surface area contributed by atoms with Crippen LogP contribution in [0.5, 0.6) is 0 Å². The van der Waals surface area contributed by atoms with E-state index in [-0.39, 0.29) is 0 Å². The number of hydrogen-bond donors (Lipinski definition) is 1. The van der Waals surface area contributed by atoms with Gasteiger partial charge in [0.1, 0.15) is 5.84 Å². The highest BCUT2D eigenvalue weighted by molar-refractivity contribution is 6.05. The first-order chi connectivity index (χ1) is 8.24. The van der Waals surface area contributed by atoms with E-state index in [1.807, 2.05) is 0 Å². The van der Waals surface area contributed by atoms with Crippen LogP contribution in [0.25, 0.3) is 0 Å². The zero-order valence-electron chi connectivity index (χ0n) is 10.1. The smallest absolute Gasteiger partial charge is 0.123 e. The summed E-state index contributed by atoms with van der Waals surface area (Å²) in [5.74, 6) is 1.80. The largest absolute Gasteiger partial charge is 0.386 e. The zero-order valence-corrected chi connectivity index (χ0v) is 10.1. The minimum atomic E-state index is 0.360. The second-order valence-electron chi connectivity index (χ2n) is 5.08. The van der Waals surface area contributed by atoms with Gasteiger partial charge >= 0.3 is 0 Å². The van der Waals surface area contributed by atoms with Gasteiger partial charge < -0.3 is 5.73 Å². The topological polar surface area (TPSA) is 50.7 Å². The van der Waals surface area contributed by atoms with E-state index in [0.29, 0.717) is 11.8 Å². The van der Waals surface area contributed by atoms with Gasteiger partial charge in [0.2, 0.25) is 0 Å². The molecule has 1 fully saturated rings. The Labute approximate surface area is 101 Å². The third-order valence-electron chi connectivity index (χ3n) is 3.52. The van der Waals surface area contributed by atoms with Crippen LogP contribution in [-0.4, -0.2) is 11.5 Å². The Kier molecular flexibility index (Phi) is 2.46. The van der Waals surface area contributed by atoms with E-state index in [4.69, 9.17) is 5.73 Å². The fraction of sp³-hybridized carbons (Fsp3) is 0.429. The molecule has 0 saturated heterocycles. The monoisotopic (exact) mass is 227 g/mol.